The van der Waals surface area contributed by atoms with E-state index in [0.717, 1.165) is 17.7 Å². The highest BCUT2D eigenvalue weighted by Crippen LogP contribution is 2.18. The summed E-state index contributed by atoms with van der Waals surface area (Å²) in [6.45, 7) is 1.09. The number of halogens is 2. The zero-order valence-corrected chi connectivity index (χ0v) is 12.7. The highest BCUT2D eigenvalue weighted by atomic mass is 35.5. The molecule has 0 saturated heterocycles. The number of hydrogen-bond acceptors (Lipinski definition) is 3. The van der Waals surface area contributed by atoms with Crippen LogP contribution in [0.25, 0.3) is 0 Å². The number of nitrogens with zero attached hydrogens (tertiary/aromatic N) is 1. The zero-order valence-electron chi connectivity index (χ0n) is 11.9. The molecule has 1 aliphatic heterocycles. The van der Waals surface area contributed by atoms with E-state index in [9.17, 15) is 4.39 Å². The van der Waals surface area contributed by atoms with Gasteiger partial charge in [-0.25, -0.2) is 4.39 Å². The van der Waals surface area contributed by atoms with Crippen molar-refractivity contribution in [1.29, 1.82) is 0 Å². The van der Waals surface area contributed by atoms with E-state index in [2.05, 4.69) is 10.5 Å². The molecule has 1 atom stereocenters. The molecule has 114 valence electrons. The van der Waals surface area contributed by atoms with Gasteiger partial charge in [0, 0.05) is 30.1 Å². The van der Waals surface area contributed by atoms with Crippen molar-refractivity contribution in [1.82, 2.24) is 5.32 Å². The van der Waals surface area contributed by atoms with E-state index in [-0.39, 0.29) is 11.9 Å². The molecule has 0 aromatic heterocycles. The number of rotatable bonds is 5. The fraction of sp³-hybridized carbons (Fsp3) is 0.235. The SMILES string of the molecule is Fc1ccccc1CNC[C@H]1CC(c2ccc(Cl)cc2)=NO1. The number of benzene rings is 2. The van der Waals surface area contributed by atoms with Crippen molar-refractivity contribution in [2.75, 3.05) is 6.54 Å². The van der Waals surface area contributed by atoms with Crippen LogP contribution < -0.4 is 5.32 Å². The monoisotopic (exact) mass is 318 g/mol. The van der Waals surface area contributed by atoms with Crippen molar-refractivity contribution >= 4 is 17.3 Å². The summed E-state index contributed by atoms with van der Waals surface area (Å²) in [5.74, 6) is -0.194. The Morgan fingerprint density at radius 3 is 2.73 bits per heavy atom. The topological polar surface area (TPSA) is 33.6 Å². The summed E-state index contributed by atoms with van der Waals surface area (Å²) >= 11 is 5.87. The van der Waals surface area contributed by atoms with Gasteiger partial charge < -0.3 is 10.2 Å². The number of hydrogen-bond donors (Lipinski definition) is 1. The van der Waals surface area contributed by atoms with Crippen LogP contribution in [-0.4, -0.2) is 18.4 Å². The third kappa shape index (κ3) is 3.64. The first kappa shape index (κ1) is 15.0. The van der Waals surface area contributed by atoms with Crippen molar-refractivity contribution in [2.45, 2.75) is 19.1 Å². The zero-order chi connectivity index (χ0) is 15.4. The average molecular weight is 319 g/mol. The summed E-state index contributed by atoms with van der Waals surface area (Å²) in [5, 5.41) is 8.03. The average Bonchev–Trinajstić information content (AvgIpc) is 2.99. The molecule has 0 fully saturated rings. The Labute approximate surface area is 133 Å². The van der Waals surface area contributed by atoms with E-state index in [1.807, 2.05) is 30.3 Å². The highest BCUT2D eigenvalue weighted by Gasteiger charge is 2.21. The summed E-state index contributed by atoms with van der Waals surface area (Å²) in [6, 6.07) is 14.3. The van der Waals surface area contributed by atoms with Crippen molar-refractivity contribution in [3.05, 3.63) is 70.5 Å². The van der Waals surface area contributed by atoms with E-state index in [1.54, 1.807) is 12.1 Å². The van der Waals surface area contributed by atoms with Gasteiger partial charge in [-0.1, -0.05) is 47.1 Å². The molecule has 0 aliphatic carbocycles. The first-order valence-electron chi connectivity index (χ1n) is 7.15. The van der Waals surface area contributed by atoms with Gasteiger partial charge in [0.2, 0.25) is 0 Å². The van der Waals surface area contributed by atoms with E-state index in [0.29, 0.717) is 23.7 Å². The molecule has 0 spiro atoms. The highest BCUT2D eigenvalue weighted by molar-refractivity contribution is 6.30. The van der Waals surface area contributed by atoms with Crippen LogP contribution in [-0.2, 0) is 11.4 Å². The molecule has 1 N–H and O–H groups in total. The molecule has 0 amide bonds. The van der Waals surface area contributed by atoms with Crippen LogP contribution in [0.1, 0.15) is 17.5 Å². The Morgan fingerprint density at radius 1 is 1.18 bits per heavy atom. The lowest BCUT2D eigenvalue weighted by Gasteiger charge is -2.10. The van der Waals surface area contributed by atoms with Gasteiger partial charge in [-0.15, -0.1) is 0 Å². The molecule has 2 aromatic carbocycles. The van der Waals surface area contributed by atoms with Crippen molar-refractivity contribution in [3.8, 4) is 0 Å². The maximum atomic E-state index is 13.5. The maximum Gasteiger partial charge on any atom is 0.145 e. The van der Waals surface area contributed by atoms with Crippen molar-refractivity contribution < 1.29 is 9.23 Å². The lowest BCUT2D eigenvalue weighted by molar-refractivity contribution is 0.0848. The van der Waals surface area contributed by atoms with Crippen molar-refractivity contribution in [3.63, 3.8) is 0 Å². The van der Waals surface area contributed by atoms with E-state index >= 15 is 0 Å². The molecule has 0 unspecified atom stereocenters. The summed E-state index contributed by atoms with van der Waals surface area (Å²) in [6.07, 6.45) is 0.698. The van der Waals surface area contributed by atoms with Gasteiger partial charge in [-0.05, 0) is 23.8 Å². The summed E-state index contributed by atoms with van der Waals surface area (Å²) in [4.78, 5) is 5.42. The second-order valence-electron chi connectivity index (χ2n) is 5.20. The van der Waals surface area contributed by atoms with Gasteiger partial charge in [-0.3, -0.25) is 0 Å². The van der Waals surface area contributed by atoms with Crippen LogP contribution in [0.3, 0.4) is 0 Å². The van der Waals surface area contributed by atoms with Crippen LogP contribution in [0.4, 0.5) is 4.39 Å². The third-order valence-electron chi connectivity index (χ3n) is 3.56. The lowest BCUT2D eigenvalue weighted by atomic mass is 10.1. The largest absolute Gasteiger partial charge is 0.390 e. The summed E-state index contributed by atoms with van der Waals surface area (Å²) in [5.41, 5.74) is 2.58. The smallest absolute Gasteiger partial charge is 0.145 e. The number of nitrogens with one attached hydrogen (secondary N) is 1. The van der Waals surface area contributed by atoms with Gasteiger partial charge in [0.25, 0.3) is 0 Å². The Hall–Kier alpha value is -1.91. The normalized spacial score (nSPS) is 17.2. The Morgan fingerprint density at radius 2 is 1.95 bits per heavy atom. The summed E-state index contributed by atoms with van der Waals surface area (Å²) < 4.78 is 13.5. The van der Waals surface area contributed by atoms with E-state index in [4.69, 9.17) is 16.4 Å². The minimum atomic E-state index is -0.194. The second-order valence-corrected chi connectivity index (χ2v) is 5.64. The van der Waals surface area contributed by atoms with Gasteiger partial charge in [0.1, 0.15) is 11.9 Å². The minimum absolute atomic E-state index is 0.0301. The maximum absolute atomic E-state index is 13.5. The summed E-state index contributed by atoms with van der Waals surface area (Å²) in [7, 11) is 0. The first-order valence-corrected chi connectivity index (χ1v) is 7.53. The standard InChI is InChI=1S/C17H16ClFN2O/c18-14-7-5-12(6-8-14)17-9-15(22-21-17)11-20-10-13-3-1-2-4-16(13)19/h1-8,15,20H,9-11H2/t15-/m1/s1. The minimum Gasteiger partial charge on any atom is -0.390 e. The fourth-order valence-electron chi connectivity index (χ4n) is 2.36. The van der Waals surface area contributed by atoms with Crippen LogP contribution >= 0.6 is 11.6 Å². The van der Waals surface area contributed by atoms with Gasteiger partial charge in [0.15, 0.2) is 0 Å². The van der Waals surface area contributed by atoms with E-state index < -0.39 is 0 Å². The molecule has 2 aromatic rings. The van der Waals surface area contributed by atoms with Gasteiger partial charge >= 0.3 is 0 Å². The van der Waals surface area contributed by atoms with Crippen LogP contribution in [0.15, 0.2) is 53.7 Å². The lowest BCUT2D eigenvalue weighted by Crippen LogP contribution is -2.27. The molecule has 5 heteroatoms. The third-order valence-corrected chi connectivity index (χ3v) is 3.81. The van der Waals surface area contributed by atoms with Gasteiger partial charge in [0.05, 0.1) is 5.71 Å². The van der Waals surface area contributed by atoms with Gasteiger partial charge in [-0.2, -0.15) is 0 Å². The quantitative estimate of drug-likeness (QED) is 0.910. The molecular weight excluding hydrogens is 303 g/mol. The Bertz CT molecular complexity index is 673. The molecule has 1 aliphatic rings. The van der Waals surface area contributed by atoms with Crippen LogP contribution in [0.5, 0.6) is 0 Å². The fourth-order valence-corrected chi connectivity index (χ4v) is 2.49. The van der Waals surface area contributed by atoms with E-state index in [1.165, 1.54) is 6.07 Å². The second kappa shape index (κ2) is 6.90. The van der Waals surface area contributed by atoms with Crippen molar-refractivity contribution in [2.24, 2.45) is 5.16 Å². The molecule has 0 saturated carbocycles. The Balaban J connectivity index is 1.48. The Kier molecular flexibility index (Phi) is 4.71. The predicted octanol–water partition coefficient (Wildman–Crippen LogP) is 3.76. The molecule has 0 bridgehead atoms. The molecular formula is C17H16ClFN2O. The first-order chi connectivity index (χ1) is 10.7. The number of oxime groups is 1. The molecule has 22 heavy (non-hydrogen) atoms. The van der Waals surface area contributed by atoms with Crippen LogP contribution in [0.2, 0.25) is 5.02 Å². The molecule has 3 nitrogen and oxygen atoms in total. The van der Waals surface area contributed by atoms with Crippen LogP contribution in [0, 0.1) is 5.82 Å². The molecule has 0 radical (unpaired) electrons. The molecule has 3 rings (SSSR count). The predicted molar refractivity (Wildman–Crippen MR) is 85.6 cm³/mol. The molecule has 1 heterocycles.